The maximum Gasteiger partial charge on any atom is 0.573 e. The Kier molecular flexibility index (Phi) is 8.41. The lowest BCUT2D eigenvalue weighted by Crippen LogP contribution is -2.31. The molecule has 1 aliphatic rings. The Balaban J connectivity index is 1.22. The second-order valence-electron chi connectivity index (χ2n) is 9.51. The van der Waals surface area contributed by atoms with E-state index in [1.54, 1.807) is 4.90 Å². The molecule has 8 nitrogen and oxygen atoms in total. The molecule has 0 saturated carbocycles. The highest BCUT2D eigenvalue weighted by atomic mass is 32.2. The number of amides is 1. The van der Waals surface area contributed by atoms with Gasteiger partial charge in [-0.25, -0.2) is 14.7 Å². The summed E-state index contributed by atoms with van der Waals surface area (Å²) < 4.78 is 42.6. The lowest BCUT2D eigenvalue weighted by molar-refractivity contribution is -0.274. The van der Waals surface area contributed by atoms with Gasteiger partial charge in [-0.2, -0.15) is 0 Å². The fourth-order valence-electron chi connectivity index (χ4n) is 4.36. The lowest BCUT2D eigenvalue weighted by Gasteiger charge is -2.21. The van der Waals surface area contributed by atoms with Crippen LogP contribution in [0.25, 0.3) is 17.1 Å². The Bertz CT molecular complexity index is 1550. The van der Waals surface area contributed by atoms with Crippen LogP contribution in [0.15, 0.2) is 84.1 Å². The average molecular weight is 581 g/mol. The van der Waals surface area contributed by atoms with Crippen molar-refractivity contribution in [2.24, 2.45) is 4.99 Å². The molecule has 5 rings (SSSR count). The van der Waals surface area contributed by atoms with Crippen LogP contribution in [0.3, 0.4) is 0 Å². The van der Waals surface area contributed by atoms with Crippen molar-refractivity contribution < 1.29 is 22.7 Å². The van der Waals surface area contributed by atoms with Gasteiger partial charge in [0.2, 0.25) is 5.91 Å². The zero-order valence-electron chi connectivity index (χ0n) is 22.3. The number of aromatic nitrogens is 3. The zero-order valence-corrected chi connectivity index (χ0v) is 23.1. The van der Waals surface area contributed by atoms with Crippen molar-refractivity contribution in [1.82, 2.24) is 20.1 Å². The first-order chi connectivity index (χ1) is 19.7. The fourth-order valence-corrected chi connectivity index (χ4v) is 5.23. The third-order valence-corrected chi connectivity index (χ3v) is 7.19. The van der Waals surface area contributed by atoms with Crippen LogP contribution in [0.1, 0.15) is 30.9 Å². The molecule has 0 spiro atoms. The van der Waals surface area contributed by atoms with E-state index in [0.29, 0.717) is 35.6 Å². The molecule has 0 unspecified atom stereocenters. The first-order valence-electron chi connectivity index (χ1n) is 12.8. The second kappa shape index (κ2) is 12.1. The summed E-state index contributed by atoms with van der Waals surface area (Å²) in [6.45, 7) is 5.08. The highest BCUT2D eigenvalue weighted by Gasteiger charge is 2.32. The van der Waals surface area contributed by atoms with Gasteiger partial charge in [-0.3, -0.25) is 15.0 Å². The number of benzene rings is 3. The number of hydrogen-bond donors (Lipinski definition) is 1. The molecule has 12 heteroatoms. The largest absolute Gasteiger partial charge is 0.573 e. The molecule has 1 fully saturated rings. The molecule has 3 aromatic carbocycles. The number of carbonyl (C=O) groups excluding carboxylic acids is 1. The molecule has 0 bridgehead atoms. The SMILES string of the molecule is CC(C)c1ccccc1N1C(=O)CSC1=NCNCc1cccc(-c2ncn(-c3ccc(OC(F)(F)F)cc3)n2)c1. The van der Waals surface area contributed by atoms with E-state index in [4.69, 9.17) is 0 Å². The van der Waals surface area contributed by atoms with Gasteiger partial charge in [-0.15, -0.1) is 18.3 Å². The third-order valence-electron chi connectivity index (χ3n) is 6.23. The Morgan fingerprint density at radius 3 is 2.61 bits per heavy atom. The number of thioether (sulfide) groups is 1. The zero-order chi connectivity index (χ0) is 29.0. The number of halogens is 3. The van der Waals surface area contributed by atoms with Crippen molar-refractivity contribution >= 4 is 28.5 Å². The number of amidine groups is 1. The van der Waals surface area contributed by atoms with Crippen LogP contribution in [0, 0.1) is 0 Å². The standard InChI is InChI=1S/C29H27F3N6O2S/c1-19(2)24-8-3-4-9-25(24)38-26(39)16-41-28(38)34-17-33-15-20-6-5-7-21(14-20)27-35-18-37(36-27)22-10-12-23(13-11-22)40-29(30,31)32/h3-14,18-19,33H,15-17H2,1-2H3. The molecule has 1 saturated heterocycles. The van der Waals surface area contributed by atoms with Crippen molar-refractivity contribution in [2.75, 3.05) is 17.3 Å². The summed E-state index contributed by atoms with van der Waals surface area (Å²) in [6.07, 6.45) is -3.25. The monoisotopic (exact) mass is 580 g/mol. The van der Waals surface area contributed by atoms with Crippen LogP contribution in [-0.2, 0) is 11.3 Å². The van der Waals surface area contributed by atoms with Gasteiger partial charge in [0, 0.05) is 12.1 Å². The van der Waals surface area contributed by atoms with E-state index in [9.17, 15) is 18.0 Å². The van der Waals surface area contributed by atoms with Gasteiger partial charge in [-0.05, 0) is 53.4 Å². The minimum absolute atomic E-state index is 0.0204. The number of carbonyl (C=O) groups is 1. The van der Waals surface area contributed by atoms with E-state index in [2.05, 4.69) is 39.0 Å². The van der Waals surface area contributed by atoms with E-state index < -0.39 is 6.36 Å². The maximum absolute atomic E-state index is 12.7. The number of anilines is 1. The van der Waals surface area contributed by atoms with E-state index in [-0.39, 0.29) is 17.6 Å². The Morgan fingerprint density at radius 1 is 1.07 bits per heavy atom. The van der Waals surface area contributed by atoms with Crippen molar-refractivity contribution in [3.05, 3.63) is 90.3 Å². The number of hydrogen-bond acceptors (Lipinski definition) is 7. The molecule has 1 N–H and O–H groups in total. The molecule has 1 amide bonds. The van der Waals surface area contributed by atoms with E-state index in [1.165, 1.54) is 47.0 Å². The van der Waals surface area contributed by atoms with Gasteiger partial charge in [0.05, 0.1) is 23.8 Å². The predicted octanol–water partition coefficient (Wildman–Crippen LogP) is 6.14. The van der Waals surface area contributed by atoms with Gasteiger partial charge < -0.3 is 4.74 Å². The average Bonchev–Trinajstić information content (AvgIpc) is 3.58. The van der Waals surface area contributed by atoms with E-state index in [1.807, 2.05) is 48.5 Å². The van der Waals surface area contributed by atoms with Crippen LogP contribution in [0.2, 0.25) is 0 Å². The number of aliphatic imine (C=N–C) groups is 1. The number of rotatable bonds is 9. The minimum atomic E-state index is -4.75. The molecule has 1 aromatic heterocycles. The summed E-state index contributed by atoms with van der Waals surface area (Å²) in [5.74, 6) is 0.821. The maximum atomic E-state index is 12.7. The molecule has 0 radical (unpaired) electrons. The Hall–Kier alpha value is -4.16. The Labute approximate surface area is 239 Å². The topological polar surface area (TPSA) is 84.6 Å². The third kappa shape index (κ3) is 6.95. The van der Waals surface area contributed by atoms with E-state index in [0.717, 1.165) is 22.4 Å². The molecule has 2 heterocycles. The quantitative estimate of drug-likeness (QED) is 0.240. The van der Waals surface area contributed by atoms with Crippen LogP contribution in [0.5, 0.6) is 5.75 Å². The molecule has 0 aliphatic carbocycles. The highest BCUT2D eigenvalue weighted by molar-refractivity contribution is 8.15. The predicted molar refractivity (Wildman–Crippen MR) is 153 cm³/mol. The van der Waals surface area contributed by atoms with Crippen molar-refractivity contribution in [3.8, 4) is 22.8 Å². The van der Waals surface area contributed by atoms with Gasteiger partial charge in [0.1, 0.15) is 12.1 Å². The summed E-state index contributed by atoms with van der Waals surface area (Å²) >= 11 is 1.43. The molecular formula is C29H27F3N6O2S. The van der Waals surface area contributed by atoms with E-state index >= 15 is 0 Å². The molecule has 0 atom stereocenters. The normalized spacial score (nSPS) is 14.8. The van der Waals surface area contributed by atoms with Crippen LogP contribution < -0.4 is 15.0 Å². The molecule has 41 heavy (non-hydrogen) atoms. The first-order valence-corrected chi connectivity index (χ1v) is 13.8. The number of ether oxygens (including phenoxy) is 1. The first kappa shape index (κ1) is 28.4. The smallest absolute Gasteiger partial charge is 0.406 e. The molecule has 212 valence electrons. The van der Waals surface area contributed by atoms with Crippen LogP contribution >= 0.6 is 11.8 Å². The molecule has 4 aromatic rings. The van der Waals surface area contributed by atoms with Gasteiger partial charge >= 0.3 is 6.36 Å². The van der Waals surface area contributed by atoms with Crippen molar-refractivity contribution in [1.29, 1.82) is 0 Å². The van der Waals surface area contributed by atoms with Crippen LogP contribution in [-0.4, -0.2) is 44.6 Å². The summed E-state index contributed by atoms with van der Waals surface area (Å²) in [6, 6.07) is 21.0. The lowest BCUT2D eigenvalue weighted by atomic mass is 10.0. The van der Waals surface area contributed by atoms with Gasteiger partial charge in [-0.1, -0.05) is 62.0 Å². The summed E-state index contributed by atoms with van der Waals surface area (Å²) in [5.41, 5.74) is 4.30. The van der Waals surface area contributed by atoms with Gasteiger partial charge in [0.15, 0.2) is 11.0 Å². The van der Waals surface area contributed by atoms with Gasteiger partial charge in [0.25, 0.3) is 0 Å². The van der Waals surface area contributed by atoms with Crippen molar-refractivity contribution in [3.63, 3.8) is 0 Å². The number of nitrogens with zero attached hydrogens (tertiary/aromatic N) is 5. The summed E-state index contributed by atoms with van der Waals surface area (Å²) in [4.78, 5) is 23.4. The molecule has 1 aliphatic heterocycles. The second-order valence-corrected chi connectivity index (χ2v) is 10.5. The van der Waals surface area contributed by atoms with Crippen molar-refractivity contribution in [2.45, 2.75) is 32.7 Å². The fraction of sp³-hybridized carbons (Fsp3) is 0.241. The number of nitrogens with one attached hydrogen (secondary N) is 1. The Morgan fingerprint density at radius 2 is 1.85 bits per heavy atom. The summed E-state index contributed by atoms with van der Waals surface area (Å²) in [7, 11) is 0. The summed E-state index contributed by atoms with van der Waals surface area (Å²) in [5, 5.41) is 8.45. The minimum Gasteiger partial charge on any atom is -0.406 e. The van der Waals surface area contributed by atoms with Crippen LogP contribution in [0.4, 0.5) is 18.9 Å². The molecular weight excluding hydrogens is 553 g/mol. The highest BCUT2D eigenvalue weighted by Crippen LogP contribution is 2.33. The number of para-hydroxylation sites is 1. The number of alkyl halides is 3.